The number of aliphatic hydroxyl groups excluding tert-OH is 1. The van der Waals surface area contributed by atoms with Crippen molar-refractivity contribution in [1.82, 2.24) is 20.2 Å². The second-order valence-electron chi connectivity index (χ2n) is 8.44. The van der Waals surface area contributed by atoms with Crippen LogP contribution in [0.1, 0.15) is 40.9 Å². The van der Waals surface area contributed by atoms with Gasteiger partial charge < -0.3 is 14.6 Å². The number of aromatic nitrogens is 4. The molecule has 1 fully saturated rings. The smallest absolute Gasteiger partial charge is 0.309 e. The van der Waals surface area contributed by atoms with E-state index >= 15 is 0 Å². The summed E-state index contributed by atoms with van der Waals surface area (Å²) < 4.78 is 12.4. The quantitative estimate of drug-likeness (QED) is 0.444. The SMILES string of the molecule is COc1ccc(/C(=C(/C=C/[C@@H]2C[C@@H](O)CC(=O)O2)c2nnnn2C)c2cc(C)ccc2C)cc1. The van der Waals surface area contributed by atoms with Crippen molar-refractivity contribution in [3.05, 3.63) is 82.7 Å². The molecule has 0 unspecified atom stereocenters. The Morgan fingerprint density at radius 3 is 2.62 bits per heavy atom. The average Bonchev–Trinajstić information content (AvgIpc) is 3.23. The summed E-state index contributed by atoms with van der Waals surface area (Å²) >= 11 is 0. The van der Waals surface area contributed by atoms with Crippen LogP contribution in [0.25, 0.3) is 11.1 Å². The van der Waals surface area contributed by atoms with Gasteiger partial charge in [0.25, 0.3) is 0 Å². The molecule has 0 aliphatic carbocycles. The maximum atomic E-state index is 11.9. The monoisotopic (exact) mass is 460 g/mol. The maximum Gasteiger partial charge on any atom is 0.309 e. The summed E-state index contributed by atoms with van der Waals surface area (Å²) in [4.78, 5) is 11.9. The first-order valence-corrected chi connectivity index (χ1v) is 11.1. The number of cyclic esters (lactones) is 1. The highest BCUT2D eigenvalue weighted by molar-refractivity contribution is 6.01. The van der Waals surface area contributed by atoms with Crippen LogP contribution >= 0.6 is 0 Å². The van der Waals surface area contributed by atoms with Crippen molar-refractivity contribution in [2.75, 3.05) is 7.11 Å². The molecule has 1 aliphatic rings. The van der Waals surface area contributed by atoms with Crippen LogP contribution in [0.3, 0.4) is 0 Å². The van der Waals surface area contributed by atoms with Gasteiger partial charge in [-0.3, -0.25) is 4.79 Å². The number of tetrazole rings is 1. The minimum Gasteiger partial charge on any atom is -0.497 e. The molecular weight excluding hydrogens is 432 g/mol. The van der Waals surface area contributed by atoms with E-state index in [0.29, 0.717) is 12.2 Å². The number of carbonyl (C=O) groups excluding carboxylic acids is 1. The Morgan fingerprint density at radius 2 is 1.97 bits per heavy atom. The topological polar surface area (TPSA) is 99.4 Å². The van der Waals surface area contributed by atoms with Gasteiger partial charge in [0, 0.05) is 24.6 Å². The van der Waals surface area contributed by atoms with E-state index in [1.807, 2.05) is 30.3 Å². The van der Waals surface area contributed by atoms with Crippen LogP contribution in [0.4, 0.5) is 0 Å². The number of esters is 1. The Bertz CT molecular complexity index is 1240. The van der Waals surface area contributed by atoms with Gasteiger partial charge in [0.2, 0.25) is 0 Å². The van der Waals surface area contributed by atoms with Crippen LogP contribution in [-0.4, -0.2) is 50.6 Å². The van der Waals surface area contributed by atoms with Gasteiger partial charge in [-0.2, -0.15) is 0 Å². The zero-order valence-corrected chi connectivity index (χ0v) is 19.7. The molecule has 0 bridgehead atoms. The maximum absolute atomic E-state index is 11.9. The van der Waals surface area contributed by atoms with Gasteiger partial charge in [-0.1, -0.05) is 42.0 Å². The fourth-order valence-electron chi connectivity index (χ4n) is 4.08. The average molecular weight is 461 g/mol. The van der Waals surface area contributed by atoms with E-state index in [0.717, 1.165) is 39.1 Å². The van der Waals surface area contributed by atoms with Crippen molar-refractivity contribution < 1.29 is 19.4 Å². The summed E-state index contributed by atoms with van der Waals surface area (Å²) in [5.41, 5.74) is 5.90. The molecule has 34 heavy (non-hydrogen) atoms. The largest absolute Gasteiger partial charge is 0.497 e. The number of rotatable bonds is 6. The van der Waals surface area contributed by atoms with Crippen molar-refractivity contribution >= 4 is 17.1 Å². The molecule has 0 radical (unpaired) electrons. The number of allylic oxidation sites excluding steroid dienone is 2. The van der Waals surface area contributed by atoms with E-state index in [1.165, 1.54) is 0 Å². The van der Waals surface area contributed by atoms with E-state index in [-0.39, 0.29) is 6.42 Å². The highest BCUT2D eigenvalue weighted by atomic mass is 16.5. The molecular formula is C26H28N4O4. The molecule has 8 heteroatoms. The third kappa shape index (κ3) is 5.07. The molecule has 2 heterocycles. The fraction of sp³-hybridized carbons (Fsp3) is 0.308. The highest BCUT2D eigenvalue weighted by Gasteiger charge is 2.26. The Balaban J connectivity index is 1.95. The van der Waals surface area contributed by atoms with E-state index in [1.54, 1.807) is 24.9 Å². The number of carbonyl (C=O) groups is 1. The molecule has 3 aromatic rings. The summed E-state index contributed by atoms with van der Waals surface area (Å²) in [6.07, 6.45) is 2.76. The van der Waals surface area contributed by atoms with Crippen molar-refractivity contribution in [1.29, 1.82) is 0 Å². The van der Waals surface area contributed by atoms with Gasteiger partial charge in [0.15, 0.2) is 5.82 Å². The van der Waals surface area contributed by atoms with Crippen molar-refractivity contribution in [3.63, 3.8) is 0 Å². The highest BCUT2D eigenvalue weighted by Crippen LogP contribution is 2.35. The summed E-state index contributed by atoms with van der Waals surface area (Å²) in [5.74, 6) is 0.902. The minimum atomic E-state index is -0.722. The molecule has 1 aliphatic heterocycles. The number of nitrogens with zero attached hydrogens (tertiary/aromatic N) is 4. The lowest BCUT2D eigenvalue weighted by atomic mass is 9.88. The molecule has 1 N–H and O–H groups in total. The van der Waals surface area contributed by atoms with Crippen LogP contribution in [0.5, 0.6) is 5.75 Å². The summed E-state index contributed by atoms with van der Waals surface area (Å²) in [5, 5.41) is 22.2. The van der Waals surface area contributed by atoms with E-state index in [9.17, 15) is 9.90 Å². The Labute approximate surface area is 198 Å². The summed E-state index contributed by atoms with van der Waals surface area (Å²) in [6.45, 7) is 4.12. The third-order valence-electron chi connectivity index (χ3n) is 5.84. The lowest BCUT2D eigenvalue weighted by Gasteiger charge is -2.23. The first-order valence-electron chi connectivity index (χ1n) is 11.1. The predicted octanol–water partition coefficient (Wildman–Crippen LogP) is 3.42. The number of aryl methyl sites for hydroxylation is 3. The number of hydrogen-bond donors (Lipinski definition) is 1. The normalized spacial score (nSPS) is 19.1. The van der Waals surface area contributed by atoms with Gasteiger partial charge in [-0.15, -0.1) is 5.10 Å². The van der Waals surface area contributed by atoms with Gasteiger partial charge >= 0.3 is 5.97 Å². The number of benzene rings is 2. The molecule has 8 nitrogen and oxygen atoms in total. The van der Waals surface area contributed by atoms with Gasteiger partial charge in [0.05, 0.1) is 19.6 Å². The predicted molar refractivity (Wildman–Crippen MR) is 128 cm³/mol. The Hall–Kier alpha value is -3.78. The molecule has 1 saturated heterocycles. The molecule has 0 spiro atoms. The van der Waals surface area contributed by atoms with Crippen molar-refractivity contribution in [2.24, 2.45) is 7.05 Å². The lowest BCUT2D eigenvalue weighted by Crippen LogP contribution is -2.31. The summed E-state index contributed by atoms with van der Waals surface area (Å²) in [7, 11) is 3.41. The van der Waals surface area contributed by atoms with Gasteiger partial charge in [-0.05, 0) is 59.2 Å². The van der Waals surface area contributed by atoms with Crippen LogP contribution in [0, 0.1) is 13.8 Å². The zero-order valence-electron chi connectivity index (χ0n) is 19.7. The van der Waals surface area contributed by atoms with Crippen molar-refractivity contribution in [2.45, 2.75) is 38.9 Å². The first-order chi connectivity index (χ1) is 16.4. The molecule has 176 valence electrons. The second-order valence-corrected chi connectivity index (χ2v) is 8.44. The molecule has 0 saturated carbocycles. The number of methoxy groups -OCH3 is 1. The van der Waals surface area contributed by atoms with Crippen LogP contribution in [0.2, 0.25) is 0 Å². The third-order valence-corrected chi connectivity index (χ3v) is 5.84. The Morgan fingerprint density at radius 1 is 1.21 bits per heavy atom. The molecule has 2 atom stereocenters. The zero-order chi connectivity index (χ0) is 24.2. The standard InChI is InChI=1S/C26H28N4O4/c1-16-5-6-17(2)23(13-16)25(18-7-9-20(33-4)10-8-18)22(26-27-28-29-30(26)3)12-11-21-14-19(31)15-24(32)34-21/h5-13,19,21,31H,14-15H2,1-4H3/b12-11+,25-22+/t19-,21-/m1/s1. The lowest BCUT2D eigenvalue weighted by molar-refractivity contribution is -0.156. The summed E-state index contributed by atoms with van der Waals surface area (Å²) in [6, 6.07) is 14.1. The van der Waals surface area contributed by atoms with Crippen LogP contribution < -0.4 is 4.74 Å². The van der Waals surface area contributed by atoms with E-state index in [4.69, 9.17) is 9.47 Å². The number of ether oxygens (including phenoxy) is 2. The van der Waals surface area contributed by atoms with Crippen molar-refractivity contribution in [3.8, 4) is 5.75 Å². The molecule has 0 amide bonds. The fourth-order valence-corrected chi connectivity index (χ4v) is 4.08. The number of aliphatic hydroxyl groups is 1. The van der Waals surface area contributed by atoms with Crippen LogP contribution in [-0.2, 0) is 16.6 Å². The van der Waals surface area contributed by atoms with Gasteiger partial charge in [-0.25, -0.2) is 4.68 Å². The van der Waals surface area contributed by atoms with E-state index in [2.05, 4.69) is 47.6 Å². The number of hydrogen-bond acceptors (Lipinski definition) is 7. The molecule has 4 rings (SSSR count). The minimum absolute atomic E-state index is 0.0137. The van der Waals surface area contributed by atoms with E-state index < -0.39 is 18.2 Å². The molecule has 1 aromatic heterocycles. The molecule has 2 aromatic carbocycles. The Kier molecular flexibility index (Phi) is 6.88. The van der Waals surface area contributed by atoms with Crippen LogP contribution in [0.15, 0.2) is 54.6 Å². The second kappa shape index (κ2) is 10.0. The first kappa shape index (κ1) is 23.4. The van der Waals surface area contributed by atoms with Gasteiger partial charge in [0.1, 0.15) is 11.9 Å².